The van der Waals surface area contributed by atoms with Crippen molar-refractivity contribution >= 4 is 17.7 Å². The maximum atomic E-state index is 11.7. The second-order valence-electron chi connectivity index (χ2n) is 3.92. The summed E-state index contributed by atoms with van der Waals surface area (Å²) < 4.78 is 0. The van der Waals surface area contributed by atoms with Crippen molar-refractivity contribution in [3.63, 3.8) is 0 Å². The van der Waals surface area contributed by atoms with Crippen LogP contribution in [0.5, 0.6) is 0 Å². The van der Waals surface area contributed by atoms with Gasteiger partial charge in [-0.1, -0.05) is 6.42 Å². The predicted molar refractivity (Wildman–Crippen MR) is 50.3 cm³/mol. The minimum Gasteiger partial charge on any atom is -0.481 e. The number of carboxylic acid groups (broad SMARTS) is 2. The van der Waals surface area contributed by atoms with Crippen molar-refractivity contribution in [3.8, 4) is 0 Å². The summed E-state index contributed by atoms with van der Waals surface area (Å²) in [6.07, 6.45) is 1.54. The third kappa shape index (κ3) is 3.34. The van der Waals surface area contributed by atoms with E-state index in [9.17, 15) is 14.4 Å². The maximum absolute atomic E-state index is 11.7. The van der Waals surface area contributed by atoms with Crippen molar-refractivity contribution in [2.45, 2.75) is 32.1 Å². The van der Waals surface area contributed by atoms with Crippen LogP contribution in [0.15, 0.2) is 0 Å². The third-order valence-corrected chi connectivity index (χ3v) is 2.75. The second kappa shape index (κ2) is 4.91. The SMILES string of the molecule is O=C(O)C[C@H]1CCC[C@@H](CC(=O)O)C1=O. The Balaban J connectivity index is 2.58. The van der Waals surface area contributed by atoms with Gasteiger partial charge in [-0.3, -0.25) is 14.4 Å². The van der Waals surface area contributed by atoms with Crippen LogP contribution >= 0.6 is 0 Å². The van der Waals surface area contributed by atoms with Crippen LogP contribution in [-0.4, -0.2) is 27.9 Å². The summed E-state index contributed by atoms with van der Waals surface area (Å²) in [4.78, 5) is 32.6. The lowest BCUT2D eigenvalue weighted by Crippen LogP contribution is -2.31. The van der Waals surface area contributed by atoms with Crippen molar-refractivity contribution in [1.82, 2.24) is 0 Å². The summed E-state index contributed by atoms with van der Waals surface area (Å²) in [5.41, 5.74) is 0. The molecule has 0 spiro atoms. The van der Waals surface area contributed by atoms with Crippen LogP contribution < -0.4 is 0 Å². The molecule has 0 amide bonds. The number of rotatable bonds is 4. The lowest BCUT2D eigenvalue weighted by Gasteiger charge is -2.25. The van der Waals surface area contributed by atoms with Crippen LogP contribution in [0.1, 0.15) is 32.1 Å². The molecule has 0 saturated heterocycles. The lowest BCUT2D eigenvalue weighted by atomic mass is 9.77. The van der Waals surface area contributed by atoms with Crippen LogP contribution in [-0.2, 0) is 14.4 Å². The molecule has 0 heterocycles. The predicted octanol–water partition coefficient (Wildman–Crippen LogP) is 0.921. The fourth-order valence-electron chi connectivity index (χ4n) is 2.06. The van der Waals surface area contributed by atoms with Crippen molar-refractivity contribution in [2.75, 3.05) is 0 Å². The van der Waals surface area contributed by atoms with E-state index in [1.807, 2.05) is 0 Å². The van der Waals surface area contributed by atoms with Gasteiger partial charge in [0.1, 0.15) is 5.78 Å². The van der Waals surface area contributed by atoms with E-state index in [0.29, 0.717) is 12.8 Å². The first-order chi connectivity index (χ1) is 7.00. The normalized spacial score (nSPS) is 26.3. The largest absolute Gasteiger partial charge is 0.481 e. The average molecular weight is 214 g/mol. The minimum atomic E-state index is -0.996. The van der Waals surface area contributed by atoms with Gasteiger partial charge in [-0.25, -0.2) is 0 Å². The number of hydrogen-bond acceptors (Lipinski definition) is 3. The highest BCUT2D eigenvalue weighted by atomic mass is 16.4. The molecule has 2 atom stereocenters. The van der Waals surface area contributed by atoms with E-state index >= 15 is 0 Å². The molecule has 0 aliphatic heterocycles. The lowest BCUT2D eigenvalue weighted by molar-refractivity contribution is -0.145. The van der Waals surface area contributed by atoms with Gasteiger partial charge in [0, 0.05) is 11.8 Å². The van der Waals surface area contributed by atoms with Gasteiger partial charge in [-0.15, -0.1) is 0 Å². The summed E-state index contributed by atoms with van der Waals surface area (Å²) >= 11 is 0. The first-order valence-electron chi connectivity index (χ1n) is 4.98. The molecule has 0 bridgehead atoms. The molecule has 5 heteroatoms. The van der Waals surface area contributed by atoms with Crippen molar-refractivity contribution in [3.05, 3.63) is 0 Å². The molecular formula is C10H14O5. The Morgan fingerprint density at radius 2 is 1.47 bits per heavy atom. The Kier molecular flexibility index (Phi) is 3.82. The summed E-state index contributed by atoms with van der Waals surface area (Å²) in [7, 11) is 0. The van der Waals surface area contributed by atoms with Crippen LogP contribution in [0.4, 0.5) is 0 Å². The quantitative estimate of drug-likeness (QED) is 0.726. The highest BCUT2D eigenvalue weighted by Gasteiger charge is 2.33. The number of Topliss-reactive ketones (excluding diaryl/α,β-unsaturated/α-hetero) is 1. The van der Waals surface area contributed by atoms with Crippen LogP contribution in [0.2, 0.25) is 0 Å². The molecule has 2 N–H and O–H groups in total. The van der Waals surface area contributed by atoms with E-state index in [0.717, 1.165) is 6.42 Å². The molecule has 1 rings (SSSR count). The number of carboxylic acids is 2. The summed E-state index contributed by atoms with van der Waals surface area (Å²) in [5, 5.41) is 17.2. The third-order valence-electron chi connectivity index (χ3n) is 2.75. The fraction of sp³-hybridized carbons (Fsp3) is 0.700. The maximum Gasteiger partial charge on any atom is 0.304 e. The van der Waals surface area contributed by atoms with Crippen molar-refractivity contribution in [1.29, 1.82) is 0 Å². The van der Waals surface area contributed by atoms with Gasteiger partial charge in [0.15, 0.2) is 0 Å². The molecule has 1 saturated carbocycles. The number of aliphatic carboxylic acids is 2. The van der Waals surface area contributed by atoms with E-state index in [2.05, 4.69) is 0 Å². The van der Waals surface area contributed by atoms with E-state index in [4.69, 9.17) is 10.2 Å². The molecule has 1 fully saturated rings. The topological polar surface area (TPSA) is 91.7 Å². The molecule has 0 aromatic carbocycles. The Hall–Kier alpha value is -1.39. The number of ketones is 1. The summed E-state index contributed by atoms with van der Waals surface area (Å²) in [6, 6.07) is 0. The molecule has 0 aromatic heterocycles. The summed E-state index contributed by atoms with van der Waals surface area (Å²) in [6.45, 7) is 0. The molecule has 84 valence electrons. The van der Waals surface area contributed by atoms with Gasteiger partial charge in [-0.05, 0) is 12.8 Å². The molecule has 0 aromatic rings. The average Bonchev–Trinajstić information content (AvgIpc) is 2.10. The van der Waals surface area contributed by atoms with E-state index in [-0.39, 0.29) is 18.6 Å². The first kappa shape index (κ1) is 11.7. The van der Waals surface area contributed by atoms with Crippen LogP contribution in [0.3, 0.4) is 0 Å². The Morgan fingerprint density at radius 3 is 1.80 bits per heavy atom. The zero-order chi connectivity index (χ0) is 11.4. The van der Waals surface area contributed by atoms with Gasteiger partial charge in [0.05, 0.1) is 12.8 Å². The molecule has 5 nitrogen and oxygen atoms in total. The van der Waals surface area contributed by atoms with Gasteiger partial charge in [0.25, 0.3) is 0 Å². The van der Waals surface area contributed by atoms with Crippen molar-refractivity contribution in [2.24, 2.45) is 11.8 Å². The van der Waals surface area contributed by atoms with E-state index in [1.54, 1.807) is 0 Å². The number of carbonyl (C=O) groups excluding carboxylic acids is 1. The molecule has 0 radical (unpaired) electrons. The molecule has 0 unspecified atom stereocenters. The van der Waals surface area contributed by atoms with Crippen LogP contribution in [0.25, 0.3) is 0 Å². The molecule has 15 heavy (non-hydrogen) atoms. The van der Waals surface area contributed by atoms with E-state index in [1.165, 1.54) is 0 Å². The smallest absolute Gasteiger partial charge is 0.304 e. The number of carbonyl (C=O) groups is 3. The second-order valence-corrected chi connectivity index (χ2v) is 3.92. The summed E-state index contributed by atoms with van der Waals surface area (Å²) in [5.74, 6) is -3.15. The van der Waals surface area contributed by atoms with Gasteiger partial charge >= 0.3 is 11.9 Å². The van der Waals surface area contributed by atoms with Gasteiger partial charge in [0.2, 0.25) is 0 Å². The highest BCUT2D eigenvalue weighted by Crippen LogP contribution is 2.29. The molecule has 1 aliphatic carbocycles. The highest BCUT2D eigenvalue weighted by molar-refractivity contribution is 5.89. The monoisotopic (exact) mass is 214 g/mol. The van der Waals surface area contributed by atoms with E-state index < -0.39 is 23.8 Å². The van der Waals surface area contributed by atoms with Gasteiger partial charge in [-0.2, -0.15) is 0 Å². The molecule has 1 aliphatic rings. The Bertz CT molecular complexity index is 258. The van der Waals surface area contributed by atoms with Crippen molar-refractivity contribution < 1.29 is 24.6 Å². The Morgan fingerprint density at radius 1 is 1.07 bits per heavy atom. The zero-order valence-electron chi connectivity index (χ0n) is 8.31. The standard InChI is InChI=1S/C10H14O5/c11-8(12)4-6-2-1-3-7(10(6)15)5-9(13)14/h6-7H,1-5H2,(H,11,12)(H,13,14)/t6-,7+. The Labute approximate surface area is 87.1 Å². The van der Waals surface area contributed by atoms with Gasteiger partial charge < -0.3 is 10.2 Å². The molecular weight excluding hydrogens is 200 g/mol. The number of hydrogen-bond donors (Lipinski definition) is 2. The van der Waals surface area contributed by atoms with Crippen LogP contribution in [0, 0.1) is 11.8 Å². The zero-order valence-corrected chi connectivity index (χ0v) is 8.31. The first-order valence-corrected chi connectivity index (χ1v) is 4.98. The minimum absolute atomic E-state index is 0.172. The fourth-order valence-corrected chi connectivity index (χ4v) is 2.06.